The molecule has 23 heavy (non-hydrogen) atoms. The summed E-state index contributed by atoms with van der Waals surface area (Å²) in [5.74, 6) is -0.0100. The van der Waals surface area contributed by atoms with Gasteiger partial charge in [-0.15, -0.1) is 0 Å². The van der Waals surface area contributed by atoms with Crippen LogP contribution in [-0.4, -0.2) is 30.4 Å². The largest absolute Gasteiger partial charge is 0.457 e. The quantitative estimate of drug-likeness (QED) is 0.423. The Bertz CT molecular complexity index is 499. The number of rotatable bonds is 8. The number of carbonyl (C=O) groups excluding carboxylic acids is 2. The predicted molar refractivity (Wildman–Crippen MR) is 93.1 cm³/mol. The molecule has 1 heterocycles. The third-order valence-corrected chi connectivity index (χ3v) is 4.35. The predicted octanol–water partition coefficient (Wildman–Crippen LogP) is 3.34. The molecule has 1 aliphatic heterocycles. The molecule has 1 fully saturated rings. The van der Waals surface area contributed by atoms with Crippen molar-refractivity contribution < 1.29 is 14.3 Å². The summed E-state index contributed by atoms with van der Waals surface area (Å²) in [5, 5.41) is 3.15. The SMILES string of the molecule is C=CC(=O)CC(C)C(C)=CC(=CC)C(C)OC(=O)C1CCCN1. The highest BCUT2D eigenvalue weighted by molar-refractivity contribution is 5.89. The van der Waals surface area contributed by atoms with E-state index in [4.69, 9.17) is 4.74 Å². The van der Waals surface area contributed by atoms with Crippen molar-refractivity contribution in [2.24, 2.45) is 5.92 Å². The number of carbonyl (C=O) groups is 2. The first-order valence-corrected chi connectivity index (χ1v) is 8.32. The molecule has 1 N–H and O–H groups in total. The van der Waals surface area contributed by atoms with E-state index in [-0.39, 0.29) is 29.8 Å². The van der Waals surface area contributed by atoms with E-state index in [0.717, 1.165) is 30.5 Å². The van der Waals surface area contributed by atoms with E-state index in [1.165, 1.54) is 6.08 Å². The summed E-state index contributed by atoms with van der Waals surface area (Å²) < 4.78 is 5.57. The summed E-state index contributed by atoms with van der Waals surface area (Å²) in [6, 6.07) is -0.176. The van der Waals surface area contributed by atoms with E-state index in [2.05, 4.69) is 11.9 Å². The summed E-state index contributed by atoms with van der Waals surface area (Å²) in [7, 11) is 0. The summed E-state index contributed by atoms with van der Waals surface area (Å²) in [6.07, 6.45) is 7.33. The topological polar surface area (TPSA) is 55.4 Å². The molecular weight excluding hydrogens is 290 g/mol. The molecule has 3 unspecified atom stereocenters. The first kappa shape index (κ1) is 19.4. The molecular formula is C19H29NO3. The maximum Gasteiger partial charge on any atom is 0.323 e. The van der Waals surface area contributed by atoms with E-state index in [0.29, 0.717) is 6.42 Å². The maximum absolute atomic E-state index is 12.1. The van der Waals surface area contributed by atoms with Gasteiger partial charge in [0.2, 0.25) is 0 Å². The molecule has 1 rings (SSSR count). The molecule has 3 atom stereocenters. The van der Waals surface area contributed by atoms with Crippen molar-refractivity contribution in [3.63, 3.8) is 0 Å². The second-order valence-corrected chi connectivity index (χ2v) is 6.18. The monoisotopic (exact) mass is 319 g/mol. The molecule has 0 aromatic heterocycles. The molecule has 0 radical (unpaired) electrons. The van der Waals surface area contributed by atoms with Crippen molar-refractivity contribution in [1.82, 2.24) is 5.32 Å². The molecule has 128 valence electrons. The zero-order chi connectivity index (χ0) is 17.4. The summed E-state index contributed by atoms with van der Waals surface area (Å²) in [4.78, 5) is 23.6. The molecule has 0 amide bonds. The Morgan fingerprint density at radius 2 is 2.09 bits per heavy atom. The van der Waals surface area contributed by atoms with Crippen molar-refractivity contribution in [2.45, 2.75) is 59.1 Å². The summed E-state index contributed by atoms with van der Waals surface area (Å²) >= 11 is 0. The molecule has 0 saturated carbocycles. The fourth-order valence-electron chi connectivity index (χ4n) is 2.60. The number of allylic oxidation sites excluding steroid dienone is 3. The Kier molecular flexibility index (Phi) is 7.96. The molecule has 0 aromatic carbocycles. The van der Waals surface area contributed by atoms with Crippen molar-refractivity contribution in [3.8, 4) is 0 Å². The molecule has 0 aromatic rings. The van der Waals surface area contributed by atoms with E-state index in [1.54, 1.807) is 0 Å². The second-order valence-electron chi connectivity index (χ2n) is 6.18. The number of hydrogen-bond donors (Lipinski definition) is 1. The van der Waals surface area contributed by atoms with Gasteiger partial charge in [0.25, 0.3) is 0 Å². The molecule has 0 bridgehead atoms. The lowest BCUT2D eigenvalue weighted by atomic mass is 9.94. The van der Waals surface area contributed by atoms with Crippen molar-refractivity contribution in [1.29, 1.82) is 0 Å². The average Bonchev–Trinajstić information content (AvgIpc) is 3.06. The highest BCUT2D eigenvalue weighted by Crippen LogP contribution is 2.20. The van der Waals surface area contributed by atoms with Crippen LogP contribution in [0.15, 0.2) is 36.0 Å². The van der Waals surface area contributed by atoms with Crippen LogP contribution in [0.2, 0.25) is 0 Å². The standard InChI is InChI=1S/C19H29NO3/c1-6-16(11-13(3)14(4)12-17(21)7-2)15(5)23-19(22)18-9-8-10-20-18/h6-7,11,14-15,18,20H,2,8-10,12H2,1,3-5H3. The smallest absolute Gasteiger partial charge is 0.323 e. The second kappa shape index (κ2) is 9.46. The van der Waals surface area contributed by atoms with E-state index < -0.39 is 0 Å². The lowest BCUT2D eigenvalue weighted by Gasteiger charge is -2.19. The van der Waals surface area contributed by atoms with E-state index in [1.807, 2.05) is 39.8 Å². The third-order valence-electron chi connectivity index (χ3n) is 4.35. The Morgan fingerprint density at radius 1 is 1.39 bits per heavy atom. The van der Waals surface area contributed by atoms with Crippen LogP contribution in [0, 0.1) is 5.92 Å². The van der Waals surface area contributed by atoms with Crippen LogP contribution in [0.25, 0.3) is 0 Å². The van der Waals surface area contributed by atoms with Crippen LogP contribution in [0.5, 0.6) is 0 Å². The van der Waals surface area contributed by atoms with Crippen LogP contribution in [0.1, 0.15) is 47.0 Å². The van der Waals surface area contributed by atoms with Gasteiger partial charge in [0.1, 0.15) is 12.1 Å². The van der Waals surface area contributed by atoms with Gasteiger partial charge in [0, 0.05) is 6.42 Å². The molecule has 4 heteroatoms. The third kappa shape index (κ3) is 6.14. The Hall–Kier alpha value is -1.68. The van der Waals surface area contributed by atoms with Gasteiger partial charge in [-0.05, 0) is 57.7 Å². The van der Waals surface area contributed by atoms with Crippen LogP contribution in [0.4, 0.5) is 0 Å². The van der Waals surface area contributed by atoms with Gasteiger partial charge in [0.05, 0.1) is 0 Å². The molecule has 4 nitrogen and oxygen atoms in total. The zero-order valence-electron chi connectivity index (χ0n) is 14.7. The number of hydrogen-bond acceptors (Lipinski definition) is 4. The number of ether oxygens (including phenoxy) is 1. The van der Waals surface area contributed by atoms with Crippen molar-refractivity contribution in [3.05, 3.63) is 36.0 Å². The average molecular weight is 319 g/mol. The minimum atomic E-state index is -0.299. The van der Waals surface area contributed by atoms with Gasteiger partial charge >= 0.3 is 5.97 Å². The van der Waals surface area contributed by atoms with Gasteiger partial charge in [-0.25, -0.2) is 0 Å². The number of ketones is 1. The normalized spacial score (nSPS) is 21.7. The van der Waals surface area contributed by atoms with Gasteiger partial charge in [0.15, 0.2) is 5.78 Å². The van der Waals surface area contributed by atoms with Gasteiger partial charge in [-0.2, -0.15) is 0 Å². The molecule has 0 spiro atoms. The van der Waals surface area contributed by atoms with Gasteiger partial charge in [-0.3, -0.25) is 9.59 Å². The van der Waals surface area contributed by atoms with Gasteiger partial charge in [-0.1, -0.05) is 31.2 Å². The Balaban J connectivity index is 2.66. The summed E-state index contributed by atoms with van der Waals surface area (Å²) in [6.45, 7) is 12.2. The number of esters is 1. The minimum Gasteiger partial charge on any atom is -0.457 e. The van der Waals surface area contributed by atoms with Crippen molar-refractivity contribution in [2.75, 3.05) is 6.54 Å². The summed E-state index contributed by atoms with van der Waals surface area (Å²) in [5.41, 5.74) is 2.04. The van der Waals surface area contributed by atoms with Crippen LogP contribution in [0.3, 0.4) is 0 Å². The minimum absolute atomic E-state index is 0.0408. The fraction of sp³-hybridized carbons (Fsp3) is 0.579. The molecule has 1 saturated heterocycles. The zero-order valence-corrected chi connectivity index (χ0v) is 14.7. The fourth-order valence-corrected chi connectivity index (χ4v) is 2.60. The van der Waals surface area contributed by atoms with Crippen molar-refractivity contribution >= 4 is 11.8 Å². The highest BCUT2D eigenvalue weighted by atomic mass is 16.5. The van der Waals surface area contributed by atoms with Crippen LogP contribution in [-0.2, 0) is 14.3 Å². The Labute approximate surface area is 139 Å². The Morgan fingerprint density at radius 3 is 2.61 bits per heavy atom. The first-order chi connectivity index (χ1) is 10.9. The molecule has 0 aliphatic carbocycles. The maximum atomic E-state index is 12.1. The van der Waals surface area contributed by atoms with Gasteiger partial charge < -0.3 is 10.1 Å². The lowest BCUT2D eigenvalue weighted by molar-refractivity contribution is -0.148. The number of nitrogens with one attached hydrogen (secondary N) is 1. The van der Waals surface area contributed by atoms with Crippen LogP contribution >= 0.6 is 0 Å². The van der Waals surface area contributed by atoms with E-state index >= 15 is 0 Å². The lowest BCUT2D eigenvalue weighted by Crippen LogP contribution is -2.34. The highest BCUT2D eigenvalue weighted by Gasteiger charge is 2.25. The van der Waals surface area contributed by atoms with Crippen LogP contribution < -0.4 is 5.32 Å². The first-order valence-electron chi connectivity index (χ1n) is 8.32. The molecule has 1 aliphatic rings. The van der Waals surface area contributed by atoms with E-state index in [9.17, 15) is 9.59 Å².